The molecule has 0 spiro atoms. The number of urea groups is 1. The highest BCUT2D eigenvalue weighted by atomic mass is 19.1. The highest BCUT2D eigenvalue weighted by Gasteiger charge is 2.27. The number of amides is 2. The minimum Gasteiger partial charge on any atom is -0.493 e. The maximum absolute atomic E-state index is 14.4. The summed E-state index contributed by atoms with van der Waals surface area (Å²) in [6.45, 7) is -13.4. The van der Waals surface area contributed by atoms with E-state index in [4.69, 9.17) is 30.8 Å². The van der Waals surface area contributed by atoms with Gasteiger partial charge < -0.3 is 19.9 Å². The molecule has 1 aliphatic rings. The number of carbonyl (C=O) groups excluding carboxylic acids is 1. The molecule has 3 rings (SSSR count). The lowest BCUT2D eigenvalue weighted by atomic mass is 10.0. The van der Waals surface area contributed by atoms with E-state index in [0.29, 0.717) is 0 Å². The van der Waals surface area contributed by atoms with E-state index < -0.39 is 129 Å². The molecule has 1 heterocycles. The summed E-state index contributed by atoms with van der Waals surface area (Å²) in [5.41, 5.74) is -2.35. The monoisotopic (exact) mass is 446 g/mol. The van der Waals surface area contributed by atoms with E-state index in [1.54, 1.807) is 19.2 Å². The number of hydrogen-bond acceptors (Lipinski definition) is 3. The number of nitrogens with zero attached hydrogens (tertiary/aromatic N) is 2. The van der Waals surface area contributed by atoms with Crippen molar-refractivity contribution in [2.75, 3.05) is 26.6 Å². The van der Waals surface area contributed by atoms with Gasteiger partial charge in [-0.15, -0.1) is 0 Å². The van der Waals surface area contributed by atoms with Crippen LogP contribution in [-0.4, -0.2) is 48.4 Å². The summed E-state index contributed by atoms with van der Waals surface area (Å²) in [7, 11) is 0. The molecule has 0 saturated carbocycles. The maximum Gasteiger partial charge on any atom is 0.318 e. The van der Waals surface area contributed by atoms with Crippen LogP contribution in [0.15, 0.2) is 48.3 Å². The molecule has 6 heteroatoms. The Balaban J connectivity index is 2.28. The standard InChI is InChI=1S/C25H34FN3O2/c1-19(2)18-31-24-10-6-20(7-11-24)16-27-25(30)29(23-12-14-28(3)15-13-23)17-21-4-8-22(26)9-5-21/h4-11,19,23H,12-18H2,1-3H3,(H,27,30)/i3D3,4D,5D,6D,7D,8D,9D,10D,11D,14D2,15D2,16D2,17D2. The number of rotatable bonds is 8. The average Bonchev–Trinajstić information content (AvgIpc) is 2.91. The average molecular weight is 447 g/mol. The van der Waals surface area contributed by atoms with Crippen LogP contribution in [0, 0.1) is 11.7 Å². The Kier molecular flexibility index (Phi) is 3.14. The van der Waals surface area contributed by atoms with Gasteiger partial charge in [-0.05, 0) is 74.0 Å². The fourth-order valence-electron chi connectivity index (χ4n) is 2.35. The van der Waals surface area contributed by atoms with Crippen molar-refractivity contribution >= 4 is 6.03 Å². The van der Waals surface area contributed by atoms with Crippen molar-refractivity contribution in [2.24, 2.45) is 5.92 Å². The summed E-state index contributed by atoms with van der Waals surface area (Å²) in [5, 5.41) is 1.70. The molecule has 1 fully saturated rings. The van der Waals surface area contributed by atoms with Crippen molar-refractivity contribution in [2.45, 2.75) is 45.7 Å². The first-order chi connectivity index (χ1) is 22.4. The van der Waals surface area contributed by atoms with Gasteiger partial charge in [-0.2, -0.15) is 0 Å². The van der Waals surface area contributed by atoms with E-state index in [0.717, 1.165) is 0 Å². The zero-order valence-corrected chi connectivity index (χ0v) is 16.9. The molecule has 31 heavy (non-hydrogen) atoms. The summed E-state index contributed by atoms with van der Waals surface area (Å²) in [6, 6.07) is -13.1. The van der Waals surface area contributed by atoms with Crippen LogP contribution in [-0.2, 0) is 13.0 Å². The Bertz CT molecular complexity index is 1590. The molecule has 5 nitrogen and oxygen atoms in total. The van der Waals surface area contributed by atoms with Crippen LogP contribution in [0.25, 0.3) is 0 Å². The fraction of sp³-hybridized carbons (Fsp3) is 0.480. The molecule has 2 aromatic rings. The third-order valence-corrected chi connectivity index (χ3v) is 3.84. The molecule has 0 radical (unpaired) electrons. The Morgan fingerprint density at radius 3 is 2.52 bits per heavy atom. The molecule has 0 aromatic heterocycles. The molecule has 1 aliphatic heterocycles. The van der Waals surface area contributed by atoms with Crippen LogP contribution in [0.1, 0.15) is 63.9 Å². The zero-order valence-electron chi connectivity index (χ0n) is 35.9. The van der Waals surface area contributed by atoms with Gasteiger partial charge in [-0.25, -0.2) is 9.18 Å². The number of likely N-dealkylation sites (tertiary alicyclic amines) is 1. The second kappa shape index (κ2) is 11.1. The van der Waals surface area contributed by atoms with Crippen LogP contribution >= 0.6 is 0 Å². The van der Waals surface area contributed by atoms with E-state index in [-0.39, 0.29) is 22.3 Å². The van der Waals surface area contributed by atoms with Gasteiger partial charge in [0.25, 0.3) is 0 Å². The maximum atomic E-state index is 14.4. The van der Waals surface area contributed by atoms with Crippen LogP contribution in [0.4, 0.5) is 9.18 Å². The van der Waals surface area contributed by atoms with E-state index in [1.165, 1.54) is 0 Å². The first kappa shape index (κ1) is 8.74. The molecular weight excluding hydrogens is 393 g/mol. The van der Waals surface area contributed by atoms with E-state index in [9.17, 15) is 9.18 Å². The highest BCUT2D eigenvalue weighted by molar-refractivity contribution is 5.74. The number of halogens is 1. The summed E-state index contributed by atoms with van der Waals surface area (Å²) in [4.78, 5) is 13.9. The van der Waals surface area contributed by atoms with Gasteiger partial charge in [0.05, 0.1) is 23.1 Å². The van der Waals surface area contributed by atoms with Crippen LogP contribution in [0.2, 0.25) is 0 Å². The second-order valence-corrected chi connectivity index (χ2v) is 6.85. The van der Waals surface area contributed by atoms with Crippen LogP contribution < -0.4 is 10.1 Å². The van der Waals surface area contributed by atoms with Crippen molar-refractivity contribution < 1.29 is 40.0 Å². The topological polar surface area (TPSA) is 44.8 Å². The third kappa shape index (κ3) is 7.24. The number of piperidine rings is 1. The zero-order chi connectivity index (χ0) is 38.9. The van der Waals surface area contributed by atoms with Gasteiger partial charge in [0.15, 0.2) is 0 Å². The normalized spacial score (nSPS) is 28.6. The molecular formula is C25H34FN3O2. The fourth-order valence-corrected chi connectivity index (χ4v) is 2.35. The van der Waals surface area contributed by atoms with E-state index in [2.05, 4.69) is 0 Å². The van der Waals surface area contributed by atoms with Crippen molar-refractivity contribution in [3.63, 3.8) is 0 Å². The number of ether oxygens (including phenoxy) is 1. The number of carbonyl (C=O) groups is 1. The molecule has 0 unspecified atom stereocenters. The Morgan fingerprint density at radius 1 is 1.26 bits per heavy atom. The van der Waals surface area contributed by atoms with Gasteiger partial charge in [0, 0.05) is 28.6 Å². The molecule has 1 saturated heterocycles. The number of nitrogens with one attached hydrogen (secondary N) is 1. The minimum atomic E-state index is -3.67. The summed E-state index contributed by atoms with van der Waals surface area (Å²) >= 11 is 0. The van der Waals surface area contributed by atoms with Crippen molar-refractivity contribution in [1.82, 2.24) is 15.1 Å². The Morgan fingerprint density at radius 2 is 1.90 bits per heavy atom. The van der Waals surface area contributed by atoms with E-state index >= 15 is 0 Å². The van der Waals surface area contributed by atoms with Crippen LogP contribution in [0.5, 0.6) is 5.75 Å². The van der Waals surface area contributed by atoms with Gasteiger partial charge >= 0.3 is 6.03 Å². The minimum absolute atomic E-state index is 0.0370. The summed E-state index contributed by atoms with van der Waals surface area (Å²) in [5.74, 6) is -2.32. The van der Waals surface area contributed by atoms with Crippen molar-refractivity contribution in [1.29, 1.82) is 0 Å². The first-order valence-electron chi connectivity index (χ1n) is 18.8. The molecule has 1 N–H and O–H groups in total. The lowest BCUT2D eigenvalue weighted by Crippen LogP contribution is -2.49. The van der Waals surface area contributed by atoms with Gasteiger partial charge in [-0.3, -0.25) is 0 Å². The molecule has 0 bridgehead atoms. The highest BCUT2D eigenvalue weighted by Crippen LogP contribution is 2.19. The third-order valence-electron chi connectivity index (χ3n) is 3.84. The molecule has 2 amide bonds. The first-order valence-corrected chi connectivity index (χ1v) is 9.35. The molecule has 2 aromatic carbocycles. The molecule has 168 valence electrons. The van der Waals surface area contributed by atoms with Crippen LogP contribution in [0.3, 0.4) is 0 Å². The molecule has 0 aliphatic carbocycles. The SMILES string of the molecule is [2H]c1c([2H])c(C([2H])([2H])N(C(=O)NC([2H])([2H])c2c([2H])c([2H])c(OCC(C)C)c([2H])c2[2H])C2CC([2H])([2H])N(C([2H])([2H])[2H])C([2H])([2H])C2)c([2H])c([2H])c1F. The second-order valence-electron chi connectivity index (χ2n) is 6.85. The smallest absolute Gasteiger partial charge is 0.318 e. The number of hydrogen-bond donors (Lipinski definition) is 1. The van der Waals surface area contributed by atoms with Gasteiger partial charge in [-0.1, -0.05) is 38.0 Å². The number of benzene rings is 2. The predicted octanol–water partition coefficient (Wildman–Crippen LogP) is 4.67. The quantitative estimate of drug-likeness (QED) is 0.641. The van der Waals surface area contributed by atoms with Crippen molar-refractivity contribution in [3.8, 4) is 5.75 Å². The summed E-state index contributed by atoms with van der Waals surface area (Å²) in [6.07, 6.45) is -2.35. The predicted molar refractivity (Wildman–Crippen MR) is 121 cm³/mol. The van der Waals surface area contributed by atoms with E-state index in [1.807, 2.05) is 0 Å². The lowest BCUT2D eigenvalue weighted by Gasteiger charge is -2.37. The Hall–Kier alpha value is -2.60. The van der Waals surface area contributed by atoms with Gasteiger partial charge in [0.2, 0.25) is 0 Å². The Labute approximate surface area is 211 Å². The van der Waals surface area contributed by atoms with Gasteiger partial charge in [0.1, 0.15) is 11.6 Å². The largest absolute Gasteiger partial charge is 0.493 e. The van der Waals surface area contributed by atoms with Crippen molar-refractivity contribution in [3.05, 3.63) is 65.3 Å². The lowest BCUT2D eigenvalue weighted by molar-refractivity contribution is 0.127. The molecule has 0 atom stereocenters. The summed E-state index contributed by atoms with van der Waals surface area (Å²) < 4.78 is 177.